The summed E-state index contributed by atoms with van der Waals surface area (Å²) < 4.78 is 5.49. The maximum atomic E-state index is 12.3. The Morgan fingerprint density at radius 1 is 1.20 bits per heavy atom. The van der Waals surface area contributed by atoms with E-state index in [1.54, 1.807) is 22.6 Å². The van der Waals surface area contributed by atoms with Crippen molar-refractivity contribution in [2.24, 2.45) is 0 Å². The van der Waals surface area contributed by atoms with Crippen LogP contribution in [0.5, 0.6) is 0 Å². The van der Waals surface area contributed by atoms with Crippen molar-refractivity contribution in [3.05, 3.63) is 29.2 Å². The molecule has 1 aliphatic rings. The molecule has 0 N–H and O–H groups in total. The highest BCUT2D eigenvalue weighted by Crippen LogP contribution is 2.23. The van der Waals surface area contributed by atoms with Crippen molar-refractivity contribution in [3.63, 3.8) is 0 Å². The molecule has 0 aromatic carbocycles. The Kier molecular flexibility index (Phi) is 5.22. The van der Waals surface area contributed by atoms with Crippen LogP contribution >= 0.6 is 11.3 Å². The third kappa shape index (κ3) is 4.69. The van der Waals surface area contributed by atoms with E-state index in [1.165, 1.54) is 0 Å². The van der Waals surface area contributed by atoms with Crippen LogP contribution in [0, 0.1) is 0 Å². The number of aromatic nitrogens is 2. The lowest BCUT2D eigenvalue weighted by Crippen LogP contribution is -2.39. The summed E-state index contributed by atoms with van der Waals surface area (Å²) in [7, 11) is 0. The molecule has 2 aromatic rings. The highest BCUT2D eigenvalue weighted by atomic mass is 32.1. The summed E-state index contributed by atoms with van der Waals surface area (Å²) in [6.07, 6.45) is 2.26. The second-order valence-electron chi connectivity index (χ2n) is 7.08. The van der Waals surface area contributed by atoms with Gasteiger partial charge in [-0.3, -0.25) is 0 Å². The van der Waals surface area contributed by atoms with Gasteiger partial charge in [0.1, 0.15) is 17.7 Å². The molecule has 0 spiro atoms. The van der Waals surface area contributed by atoms with Gasteiger partial charge in [0.05, 0.1) is 5.69 Å². The first-order valence-corrected chi connectivity index (χ1v) is 9.44. The van der Waals surface area contributed by atoms with Gasteiger partial charge < -0.3 is 14.5 Å². The number of nitrogens with zero attached hydrogens (tertiary/aromatic N) is 4. The van der Waals surface area contributed by atoms with Gasteiger partial charge in [-0.1, -0.05) is 0 Å². The Bertz CT molecular complexity index is 712. The van der Waals surface area contributed by atoms with Gasteiger partial charge in [-0.05, 0) is 38.6 Å². The maximum absolute atomic E-state index is 12.3. The highest BCUT2D eigenvalue weighted by molar-refractivity contribution is 7.08. The third-order valence-electron chi connectivity index (χ3n) is 3.94. The highest BCUT2D eigenvalue weighted by Gasteiger charge is 2.25. The van der Waals surface area contributed by atoms with E-state index < -0.39 is 5.60 Å². The average molecular weight is 360 g/mol. The Balaban J connectivity index is 1.67. The summed E-state index contributed by atoms with van der Waals surface area (Å²) in [5.41, 5.74) is 1.57. The SMILES string of the molecule is CC(C)(C)OC(=O)N1CCCN(c2cc(-c3ccsc3)ncn2)CC1. The topological polar surface area (TPSA) is 58.6 Å². The monoisotopic (exact) mass is 360 g/mol. The zero-order valence-corrected chi connectivity index (χ0v) is 15.8. The summed E-state index contributed by atoms with van der Waals surface area (Å²) in [6, 6.07) is 4.08. The summed E-state index contributed by atoms with van der Waals surface area (Å²) in [4.78, 5) is 25.1. The van der Waals surface area contributed by atoms with E-state index in [0.29, 0.717) is 13.1 Å². The largest absolute Gasteiger partial charge is 0.444 e. The molecule has 0 atom stereocenters. The lowest BCUT2D eigenvalue weighted by Gasteiger charge is -2.26. The second-order valence-corrected chi connectivity index (χ2v) is 7.86. The normalized spacial score (nSPS) is 15.8. The Morgan fingerprint density at radius 3 is 2.76 bits per heavy atom. The molecule has 0 saturated carbocycles. The number of hydrogen-bond acceptors (Lipinski definition) is 6. The molecule has 0 radical (unpaired) electrons. The summed E-state index contributed by atoms with van der Waals surface area (Å²) in [5.74, 6) is 0.905. The molecule has 1 amide bonds. The quantitative estimate of drug-likeness (QED) is 0.818. The van der Waals surface area contributed by atoms with Crippen molar-refractivity contribution in [2.45, 2.75) is 32.8 Å². The molecule has 3 rings (SSSR count). The van der Waals surface area contributed by atoms with Crippen LogP contribution in [0.2, 0.25) is 0 Å². The Hall–Kier alpha value is -2.15. The third-order valence-corrected chi connectivity index (χ3v) is 4.62. The minimum Gasteiger partial charge on any atom is -0.444 e. The van der Waals surface area contributed by atoms with Crippen molar-refractivity contribution in [3.8, 4) is 11.3 Å². The van der Waals surface area contributed by atoms with Gasteiger partial charge in [0, 0.05) is 43.2 Å². The van der Waals surface area contributed by atoms with Gasteiger partial charge >= 0.3 is 6.09 Å². The van der Waals surface area contributed by atoms with E-state index in [9.17, 15) is 4.79 Å². The molecule has 1 saturated heterocycles. The van der Waals surface area contributed by atoms with E-state index in [0.717, 1.165) is 36.6 Å². The number of thiophene rings is 1. The number of carbonyl (C=O) groups is 1. The first kappa shape index (κ1) is 17.7. The molecule has 0 aliphatic carbocycles. The van der Waals surface area contributed by atoms with Crippen LogP contribution in [0.3, 0.4) is 0 Å². The Morgan fingerprint density at radius 2 is 2.04 bits per heavy atom. The van der Waals surface area contributed by atoms with Crippen molar-refractivity contribution in [1.82, 2.24) is 14.9 Å². The molecule has 134 valence electrons. The fraction of sp³-hybridized carbons (Fsp3) is 0.500. The summed E-state index contributed by atoms with van der Waals surface area (Å²) in [6.45, 7) is 8.60. The molecular formula is C18H24N4O2S. The smallest absolute Gasteiger partial charge is 0.410 e. The summed E-state index contributed by atoms with van der Waals surface area (Å²) >= 11 is 1.66. The molecular weight excluding hydrogens is 336 g/mol. The first-order valence-electron chi connectivity index (χ1n) is 8.50. The van der Waals surface area contributed by atoms with E-state index in [2.05, 4.69) is 26.3 Å². The van der Waals surface area contributed by atoms with Crippen LogP contribution < -0.4 is 4.90 Å². The molecule has 1 fully saturated rings. The molecule has 2 aromatic heterocycles. The molecule has 6 nitrogen and oxygen atoms in total. The van der Waals surface area contributed by atoms with Crippen molar-refractivity contribution in [1.29, 1.82) is 0 Å². The number of carbonyl (C=O) groups excluding carboxylic acids is 1. The standard InChI is InChI=1S/C18H24N4O2S/c1-18(2,3)24-17(23)22-7-4-6-21(8-9-22)16-11-15(19-13-20-16)14-5-10-25-12-14/h5,10-13H,4,6-9H2,1-3H3. The van der Waals surface area contributed by atoms with E-state index in [4.69, 9.17) is 4.74 Å². The van der Waals surface area contributed by atoms with E-state index in [-0.39, 0.29) is 6.09 Å². The molecule has 0 bridgehead atoms. The van der Waals surface area contributed by atoms with E-state index >= 15 is 0 Å². The fourth-order valence-corrected chi connectivity index (χ4v) is 3.39. The van der Waals surface area contributed by atoms with Crippen molar-refractivity contribution < 1.29 is 9.53 Å². The number of anilines is 1. The van der Waals surface area contributed by atoms with Gasteiger partial charge in [-0.15, -0.1) is 0 Å². The van der Waals surface area contributed by atoms with Gasteiger partial charge in [0.2, 0.25) is 0 Å². The number of hydrogen-bond donors (Lipinski definition) is 0. The fourth-order valence-electron chi connectivity index (χ4n) is 2.74. The van der Waals surface area contributed by atoms with Crippen LogP contribution in [-0.2, 0) is 4.74 Å². The van der Waals surface area contributed by atoms with E-state index in [1.807, 2.05) is 32.2 Å². The maximum Gasteiger partial charge on any atom is 0.410 e. The van der Waals surface area contributed by atoms with Crippen LogP contribution in [0.15, 0.2) is 29.2 Å². The van der Waals surface area contributed by atoms with Crippen molar-refractivity contribution in [2.75, 3.05) is 31.1 Å². The van der Waals surface area contributed by atoms with Gasteiger partial charge in [0.15, 0.2) is 0 Å². The second kappa shape index (κ2) is 7.39. The number of rotatable bonds is 2. The van der Waals surface area contributed by atoms with Gasteiger partial charge in [0.25, 0.3) is 0 Å². The Labute approximate surface area is 152 Å². The average Bonchev–Trinajstić information content (AvgIpc) is 2.97. The number of amides is 1. The first-order chi connectivity index (χ1) is 11.9. The van der Waals surface area contributed by atoms with Crippen LogP contribution in [0.1, 0.15) is 27.2 Å². The molecule has 0 unspecified atom stereocenters. The molecule has 25 heavy (non-hydrogen) atoms. The van der Waals surface area contributed by atoms with Crippen LogP contribution in [-0.4, -0.2) is 52.7 Å². The lowest BCUT2D eigenvalue weighted by atomic mass is 10.2. The van der Waals surface area contributed by atoms with Crippen molar-refractivity contribution >= 4 is 23.2 Å². The number of ether oxygens (including phenoxy) is 1. The lowest BCUT2D eigenvalue weighted by molar-refractivity contribution is 0.0263. The zero-order chi connectivity index (χ0) is 17.9. The minimum atomic E-state index is -0.467. The van der Waals surface area contributed by atoms with Crippen LogP contribution in [0.4, 0.5) is 10.6 Å². The van der Waals surface area contributed by atoms with Gasteiger partial charge in [-0.2, -0.15) is 11.3 Å². The predicted octanol–water partition coefficient (Wildman–Crippen LogP) is 3.65. The predicted molar refractivity (Wildman–Crippen MR) is 100.0 cm³/mol. The summed E-state index contributed by atoms with van der Waals surface area (Å²) in [5, 5.41) is 4.13. The molecule has 3 heterocycles. The zero-order valence-electron chi connectivity index (χ0n) is 14.9. The molecule has 1 aliphatic heterocycles. The van der Waals surface area contributed by atoms with Crippen LogP contribution in [0.25, 0.3) is 11.3 Å². The van der Waals surface area contributed by atoms with Gasteiger partial charge in [-0.25, -0.2) is 14.8 Å². The minimum absolute atomic E-state index is 0.240. The molecule has 7 heteroatoms.